The molecule has 1 aromatic heterocycles. The first-order valence-electron chi connectivity index (χ1n) is 6.47. The zero-order chi connectivity index (χ0) is 13.1. The summed E-state index contributed by atoms with van der Waals surface area (Å²) in [5, 5.41) is 10.7. The smallest absolute Gasteiger partial charge is 0.245 e. The van der Waals surface area contributed by atoms with Crippen molar-refractivity contribution in [2.75, 3.05) is 31.1 Å². The fourth-order valence-corrected chi connectivity index (χ4v) is 2.60. The van der Waals surface area contributed by atoms with Gasteiger partial charge in [-0.25, -0.2) is 0 Å². The van der Waals surface area contributed by atoms with Crippen molar-refractivity contribution < 1.29 is 0 Å². The Morgan fingerprint density at radius 2 is 2.16 bits per heavy atom. The highest BCUT2D eigenvalue weighted by atomic mass is 79.9. The summed E-state index contributed by atoms with van der Waals surface area (Å²) in [6.45, 7) is 4.01. The number of halogens is 1. The normalized spacial score (nSPS) is 16.4. The predicted octanol–water partition coefficient (Wildman–Crippen LogP) is 2.03. The van der Waals surface area contributed by atoms with Crippen LogP contribution in [0.15, 0.2) is 28.7 Å². The van der Waals surface area contributed by atoms with Crippen LogP contribution in [0.3, 0.4) is 0 Å². The van der Waals surface area contributed by atoms with Crippen molar-refractivity contribution in [2.24, 2.45) is 0 Å². The van der Waals surface area contributed by atoms with Gasteiger partial charge in [0.2, 0.25) is 5.95 Å². The number of benzene rings is 1. The molecular formula is C13H16BrN5. The third-order valence-electron chi connectivity index (χ3n) is 3.19. The Morgan fingerprint density at radius 3 is 3.05 bits per heavy atom. The molecule has 2 N–H and O–H groups in total. The lowest BCUT2D eigenvalue weighted by molar-refractivity contribution is 0.724. The molecule has 19 heavy (non-hydrogen) atoms. The van der Waals surface area contributed by atoms with Gasteiger partial charge in [0.15, 0.2) is 5.82 Å². The van der Waals surface area contributed by atoms with Gasteiger partial charge in [0.25, 0.3) is 0 Å². The lowest BCUT2D eigenvalue weighted by Crippen LogP contribution is -2.28. The standard InChI is InChI=1S/C13H16BrN5/c14-11-4-1-3-10(9-11)12-16-13(18-17-12)19-7-2-5-15-6-8-19/h1,3-4,9,15H,2,5-8H2,(H,16,17,18). The SMILES string of the molecule is Brc1cccc(-c2nc(N3CCCNCC3)n[nH]2)c1. The zero-order valence-corrected chi connectivity index (χ0v) is 12.2. The maximum atomic E-state index is 4.60. The first-order chi connectivity index (χ1) is 9.33. The van der Waals surface area contributed by atoms with E-state index in [-0.39, 0.29) is 0 Å². The van der Waals surface area contributed by atoms with Crippen LogP contribution in [0.5, 0.6) is 0 Å². The van der Waals surface area contributed by atoms with Crippen LogP contribution in [-0.4, -0.2) is 41.4 Å². The van der Waals surface area contributed by atoms with Gasteiger partial charge < -0.3 is 10.2 Å². The summed E-state index contributed by atoms with van der Waals surface area (Å²) < 4.78 is 1.04. The zero-order valence-electron chi connectivity index (χ0n) is 10.6. The number of nitrogens with one attached hydrogen (secondary N) is 2. The summed E-state index contributed by atoms with van der Waals surface area (Å²) in [5.41, 5.74) is 1.04. The van der Waals surface area contributed by atoms with Gasteiger partial charge in [-0.3, -0.25) is 5.10 Å². The van der Waals surface area contributed by atoms with E-state index in [9.17, 15) is 0 Å². The molecule has 1 fully saturated rings. The van der Waals surface area contributed by atoms with Crippen molar-refractivity contribution in [3.8, 4) is 11.4 Å². The second-order valence-electron chi connectivity index (χ2n) is 4.58. The predicted molar refractivity (Wildman–Crippen MR) is 79.2 cm³/mol. The average Bonchev–Trinajstić information content (AvgIpc) is 2.75. The molecule has 2 heterocycles. The Kier molecular flexibility index (Phi) is 3.79. The monoisotopic (exact) mass is 321 g/mol. The molecule has 0 aliphatic carbocycles. The van der Waals surface area contributed by atoms with Crippen LogP contribution in [0.25, 0.3) is 11.4 Å². The van der Waals surface area contributed by atoms with Gasteiger partial charge >= 0.3 is 0 Å². The molecule has 0 spiro atoms. The van der Waals surface area contributed by atoms with E-state index in [0.29, 0.717) is 0 Å². The molecule has 0 radical (unpaired) electrons. The van der Waals surface area contributed by atoms with E-state index < -0.39 is 0 Å². The van der Waals surface area contributed by atoms with Gasteiger partial charge in [-0.05, 0) is 25.1 Å². The molecule has 0 bridgehead atoms. The Balaban J connectivity index is 1.82. The number of H-pyrrole nitrogens is 1. The molecule has 1 saturated heterocycles. The summed E-state index contributed by atoms with van der Waals surface area (Å²) >= 11 is 3.47. The lowest BCUT2D eigenvalue weighted by atomic mass is 10.2. The first-order valence-corrected chi connectivity index (χ1v) is 7.26. The van der Waals surface area contributed by atoms with Crippen molar-refractivity contribution in [3.05, 3.63) is 28.7 Å². The molecule has 0 amide bonds. The largest absolute Gasteiger partial charge is 0.338 e. The number of aromatic nitrogens is 3. The van der Waals surface area contributed by atoms with E-state index in [1.54, 1.807) is 0 Å². The highest BCUT2D eigenvalue weighted by Gasteiger charge is 2.14. The quantitative estimate of drug-likeness (QED) is 0.888. The number of nitrogens with zero attached hydrogens (tertiary/aromatic N) is 3. The highest BCUT2D eigenvalue weighted by Crippen LogP contribution is 2.21. The van der Waals surface area contributed by atoms with E-state index >= 15 is 0 Å². The van der Waals surface area contributed by atoms with Crippen molar-refractivity contribution in [1.82, 2.24) is 20.5 Å². The van der Waals surface area contributed by atoms with Gasteiger partial charge in [0.1, 0.15) is 0 Å². The minimum Gasteiger partial charge on any atom is -0.338 e. The molecule has 3 rings (SSSR count). The molecule has 1 aliphatic heterocycles. The Morgan fingerprint density at radius 1 is 1.21 bits per heavy atom. The van der Waals surface area contributed by atoms with Gasteiger partial charge in [-0.1, -0.05) is 28.1 Å². The fourth-order valence-electron chi connectivity index (χ4n) is 2.20. The van der Waals surface area contributed by atoms with Gasteiger partial charge in [-0.15, -0.1) is 5.10 Å². The molecule has 100 valence electrons. The van der Waals surface area contributed by atoms with Crippen LogP contribution in [0.1, 0.15) is 6.42 Å². The van der Waals surface area contributed by atoms with E-state index in [1.165, 1.54) is 0 Å². The minimum atomic E-state index is 0.790. The van der Waals surface area contributed by atoms with Crippen LogP contribution in [0, 0.1) is 0 Å². The molecule has 0 atom stereocenters. The maximum Gasteiger partial charge on any atom is 0.245 e. The second kappa shape index (κ2) is 5.71. The van der Waals surface area contributed by atoms with Crippen LogP contribution in [-0.2, 0) is 0 Å². The van der Waals surface area contributed by atoms with Crippen molar-refractivity contribution in [3.63, 3.8) is 0 Å². The Labute approximate surface area is 120 Å². The fraction of sp³-hybridized carbons (Fsp3) is 0.385. The number of aromatic amines is 1. The summed E-state index contributed by atoms with van der Waals surface area (Å²) in [6.07, 6.45) is 1.13. The van der Waals surface area contributed by atoms with Gasteiger partial charge in [0, 0.05) is 29.7 Å². The third-order valence-corrected chi connectivity index (χ3v) is 3.69. The summed E-state index contributed by atoms with van der Waals surface area (Å²) in [6, 6.07) is 8.06. The number of rotatable bonds is 2. The van der Waals surface area contributed by atoms with E-state index in [1.807, 2.05) is 24.3 Å². The molecule has 1 aromatic carbocycles. The topological polar surface area (TPSA) is 56.8 Å². The first kappa shape index (κ1) is 12.6. The molecule has 1 aliphatic rings. The second-order valence-corrected chi connectivity index (χ2v) is 5.50. The van der Waals surface area contributed by atoms with E-state index in [2.05, 4.69) is 41.3 Å². The van der Waals surface area contributed by atoms with Crippen molar-refractivity contribution in [2.45, 2.75) is 6.42 Å². The van der Waals surface area contributed by atoms with Crippen LogP contribution < -0.4 is 10.2 Å². The average molecular weight is 322 g/mol. The van der Waals surface area contributed by atoms with Crippen LogP contribution in [0.4, 0.5) is 5.95 Å². The summed E-state index contributed by atoms with van der Waals surface area (Å²) in [4.78, 5) is 6.82. The van der Waals surface area contributed by atoms with Crippen molar-refractivity contribution >= 4 is 21.9 Å². The summed E-state index contributed by atoms with van der Waals surface area (Å²) in [7, 11) is 0. The molecule has 2 aromatic rings. The Hall–Kier alpha value is -1.40. The maximum absolute atomic E-state index is 4.60. The number of hydrogen-bond donors (Lipinski definition) is 2. The van der Waals surface area contributed by atoms with Crippen LogP contribution >= 0.6 is 15.9 Å². The summed E-state index contributed by atoms with van der Waals surface area (Å²) in [5.74, 6) is 1.60. The number of anilines is 1. The van der Waals surface area contributed by atoms with E-state index in [0.717, 1.165) is 54.4 Å². The van der Waals surface area contributed by atoms with E-state index in [4.69, 9.17) is 0 Å². The van der Waals surface area contributed by atoms with Gasteiger partial charge in [-0.2, -0.15) is 4.98 Å². The van der Waals surface area contributed by atoms with Crippen LogP contribution in [0.2, 0.25) is 0 Å². The third kappa shape index (κ3) is 2.96. The van der Waals surface area contributed by atoms with Gasteiger partial charge in [0.05, 0.1) is 0 Å². The number of hydrogen-bond acceptors (Lipinski definition) is 4. The lowest BCUT2D eigenvalue weighted by Gasteiger charge is -2.16. The van der Waals surface area contributed by atoms with Crippen molar-refractivity contribution in [1.29, 1.82) is 0 Å². The minimum absolute atomic E-state index is 0.790. The molecular weight excluding hydrogens is 306 g/mol. The molecule has 6 heteroatoms. The molecule has 5 nitrogen and oxygen atoms in total. The Bertz CT molecular complexity index is 545. The molecule has 0 saturated carbocycles. The highest BCUT2D eigenvalue weighted by molar-refractivity contribution is 9.10. The molecule has 0 unspecified atom stereocenters.